The highest BCUT2D eigenvalue weighted by Gasteiger charge is 2.41. The van der Waals surface area contributed by atoms with E-state index >= 15 is 0 Å². The molecule has 0 aromatic heterocycles. The van der Waals surface area contributed by atoms with Gasteiger partial charge in [0.15, 0.2) is 0 Å². The zero-order valence-corrected chi connectivity index (χ0v) is 22.6. The average molecular weight is 575 g/mol. The Kier molecular flexibility index (Phi) is 8.85. The first-order valence-corrected chi connectivity index (χ1v) is 13.3. The van der Waals surface area contributed by atoms with Gasteiger partial charge in [0.2, 0.25) is 5.91 Å². The average Bonchev–Trinajstić information content (AvgIpc) is 2.91. The first-order valence-electron chi connectivity index (χ1n) is 13.3. The number of benzene rings is 2. The molecule has 2 aliphatic rings. The normalized spacial score (nSPS) is 22.2. The van der Waals surface area contributed by atoms with E-state index in [4.69, 9.17) is 4.74 Å². The van der Waals surface area contributed by atoms with Crippen molar-refractivity contribution in [2.45, 2.75) is 63.5 Å². The summed E-state index contributed by atoms with van der Waals surface area (Å²) in [5, 5.41) is 0. The van der Waals surface area contributed by atoms with E-state index in [0.29, 0.717) is 50.4 Å². The lowest BCUT2D eigenvalue weighted by Gasteiger charge is -2.44. The number of rotatable bonds is 5. The van der Waals surface area contributed by atoms with E-state index in [0.717, 1.165) is 18.4 Å². The van der Waals surface area contributed by atoms with Crippen LogP contribution in [-0.2, 0) is 21.9 Å². The number of hydrogen-bond donors (Lipinski definition) is 0. The molecule has 0 radical (unpaired) electrons. The number of carbonyl (C=O) groups excluding carboxylic acids is 1. The number of halogens is 7. The number of nitrogens with zero attached hydrogens (tertiary/aromatic N) is 2. The van der Waals surface area contributed by atoms with Crippen LogP contribution >= 0.6 is 0 Å². The molecule has 0 saturated carbocycles. The van der Waals surface area contributed by atoms with E-state index in [2.05, 4.69) is 4.90 Å². The third-order valence-electron chi connectivity index (χ3n) is 8.32. The van der Waals surface area contributed by atoms with Gasteiger partial charge in [0, 0.05) is 44.7 Å². The van der Waals surface area contributed by atoms with Crippen LogP contribution < -0.4 is 0 Å². The second-order valence-electron chi connectivity index (χ2n) is 10.8. The topological polar surface area (TPSA) is 32.8 Å². The van der Waals surface area contributed by atoms with E-state index in [1.165, 1.54) is 31.0 Å². The summed E-state index contributed by atoms with van der Waals surface area (Å²) in [7, 11) is 1.40. The molecule has 40 heavy (non-hydrogen) atoms. The quantitative estimate of drug-likeness (QED) is 0.362. The number of piperidine rings is 1. The van der Waals surface area contributed by atoms with Gasteiger partial charge in [-0.15, -0.1) is 0 Å². The molecule has 11 heteroatoms. The van der Waals surface area contributed by atoms with Crippen LogP contribution in [-0.4, -0.2) is 55.1 Å². The molecule has 0 unspecified atom stereocenters. The summed E-state index contributed by atoms with van der Waals surface area (Å²) in [6.45, 7) is 5.60. The maximum Gasteiger partial charge on any atom is 0.416 e. The molecule has 2 aliphatic heterocycles. The van der Waals surface area contributed by atoms with Crippen LogP contribution in [0.1, 0.15) is 66.0 Å². The molecule has 0 aliphatic carbocycles. The van der Waals surface area contributed by atoms with Gasteiger partial charge >= 0.3 is 12.4 Å². The second-order valence-corrected chi connectivity index (χ2v) is 10.8. The van der Waals surface area contributed by atoms with Gasteiger partial charge in [0.05, 0.1) is 17.2 Å². The lowest BCUT2D eigenvalue weighted by Crippen LogP contribution is -2.50. The smallest absolute Gasteiger partial charge is 0.381 e. The highest BCUT2D eigenvalue weighted by molar-refractivity contribution is 5.80. The second kappa shape index (κ2) is 11.7. The van der Waals surface area contributed by atoms with Crippen molar-refractivity contribution in [2.75, 3.05) is 33.4 Å². The number of likely N-dealkylation sites (tertiary alicyclic amines) is 1. The van der Waals surface area contributed by atoms with Crippen LogP contribution in [0.2, 0.25) is 0 Å². The Bertz CT molecular complexity index is 1180. The first-order chi connectivity index (χ1) is 18.7. The molecular weight excluding hydrogens is 541 g/mol. The van der Waals surface area contributed by atoms with Gasteiger partial charge in [-0.3, -0.25) is 9.69 Å². The molecule has 4 rings (SSSR count). The van der Waals surface area contributed by atoms with Crippen molar-refractivity contribution >= 4 is 5.91 Å². The lowest BCUT2D eigenvalue weighted by atomic mass is 9.77. The maximum atomic E-state index is 13.9. The summed E-state index contributed by atoms with van der Waals surface area (Å²) in [6, 6.07) is 5.03. The fourth-order valence-electron chi connectivity index (χ4n) is 5.92. The van der Waals surface area contributed by atoms with E-state index in [1.54, 1.807) is 13.0 Å². The van der Waals surface area contributed by atoms with Crippen molar-refractivity contribution in [3.8, 4) is 0 Å². The van der Waals surface area contributed by atoms with Crippen molar-refractivity contribution in [2.24, 2.45) is 5.92 Å². The summed E-state index contributed by atoms with van der Waals surface area (Å²) in [5.41, 5.74) is -1.62. The third-order valence-corrected chi connectivity index (χ3v) is 8.32. The van der Waals surface area contributed by atoms with Gasteiger partial charge in [-0.25, -0.2) is 4.39 Å². The molecular formula is C29H33F7N2O2. The van der Waals surface area contributed by atoms with Gasteiger partial charge in [-0.1, -0.05) is 6.07 Å². The van der Waals surface area contributed by atoms with Gasteiger partial charge in [0.1, 0.15) is 5.82 Å². The highest BCUT2D eigenvalue weighted by Crippen LogP contribution is 2.41. The molecule has 4 nitrogen and oxygen atoms in total. The molecule has 2 fully saturated rings. The Morgan fingerprint density at radius 1 is 0.975 bits per heavy atom. The summed E-state index contributed by atoms with van der Waals surface area (Å²) in [6.07, 6.45) is -7.82. The number of hydrogen-bond acceptors (Lipinski definition) is 3. The molecule has 3 atom stereocenters. The van der Waals surface area contributed by atoms with Crippen molar-refractivity contribution in [1.29, 1.82) is 0 Å². The number of ether oxygens (including phenoxy) is 1. The van der Waals surface area contributed by atoms with Crippen molar-refractivity contribution in [3.05, 3.63) is 70.0 Å². The molecule has 0 bridgehead atoms. The van der Waals surface area contributed by atoms with E-state index in [1.807, 2.05) is 0 Å². The molecule has 0 spiro atoms. The molecule has 2 aromatic rings. The van der Waals surface area contributed by atoms with E-state index in [-0.39, 0.29) is 29.5 Å². The number of carbonyl (C=O) groups is 1. The van der Waals surface area contributed by atoms with Gasteiger partial charge in [-0.05, 0) is 86.7 Å². The Morgan fingerprint density at radius 2 is 1.57 bits per heavy atom. The Morgan fingerprint density at radius 3 is 2.12 bits per heavy atom. The summed E-state index contributed by atoms with van der Waals surface area (Å²) >= 11 is 0. The molecule has 220 valence electrons. The zero-order chi connectivity index (χ0) is 29.4. The van der Waals surface area contributed by atoms with Gasteiger partial charge in [0.25, 0.3) is 0 Å². The fraction of sp³-hybridized carbons (Fsp3) is 0.552. The standard InChI is InChI=1S/C29H33F7N2O2/c1-17-12-22(30)4-5-24(17)26-16-38(23-7-10-40-11-8-23)9-6-25(26)27(39)37(3)18(2)19-13-20(28(31,32)33)15-21(14-19)29(34,35)36/h4-5,12-15,18,23,25-26H,6-11,16H2,1-3H3/t18-,25+,26-/m1/s1. The summed E-state index contributed by atoms with van der Waals surface area (Å²) < 4.78 is 100. The van der Waals surface area contributed by atoms with Crippen LogP contribution in [0, 0.1) is 18.7 Å². The Balaban J connectivity index is 1.65. The molecule has 1 amide bonds. The predicted molar refractivity (Wildman–Crippen MR) is 135 cm³/mol. The minimum Gasteiger partial charge on any atom is -0.381 e. The van der Waals surface area contributed by atoms with Gasteiger partial charge in [-0.2, -0.15) is 26.3 Å². The van der Waals surface area contributed by atoms with Crippen LogP contribution in [0.4, 0.5) is 30.7 Å². The van der Waals surface area contributed by atoms with E-state index in [9.17, 15) is 35.5 Å². The number of alkyl halides is 6. The largest absolute Gasteiger partial charge is 0.416 e. The highest BCUT2D eigenvalue weighted by atomic mass is 19.4. The SMILES string of the molecule is Cc1cc(F)ccc1[C@H]1CN(C2CCOCC2)CC[C@@H]1C(=O)N(C)[C@H](C)c1cc(C(F)(F)F)cc(C(F)(F)F)c1. The number of amides is 1. The maximum absolute atomic E-state index is 13.9. The van der Waals surface area contributed by atoms with Crippen molar-refractivity contribution < 1.29 is 40.3 Å². The van der Waals surface area contributed by atoms with Crippen LogP contribution in [0.25, 0.3) is 0 Å². The molecule has 2 aromatic carbocycles. The third kappa shape index (κ3) is 6.62. The predicted octanol–water partition coefficient (Wildman–Crippen LogP) is 6.98. The number of aryl methyl sites for hydroxylation is 1. The fourth-order valence-corrected chi connectivity index (χ4v) is 5.92. The van der Waals surface area contributed by atoms with Crippen molar-refractivity contribution in [1.82, 2.24) is 9.80 Å². The minimum atomic E-state index is -4.99. The molecule has 2 heterocycles. The van der Waals surface area contributed by atoms with Crippen LogP contribution in [0.3, 0.4) is 0 Å². The Labute approximate surface area is 229 Å². The zero-order valence-electron chi connectivity index (χ0n) is 22.6. The van der Waals surface area contributed by atoms with Gasteiger partial charge < -0.3 is 9.64 Å². The van der Waals surface area contributed by atoms with E-state index < -0.39 is 41.3 Å². The summed E-state index contributed by atoms with van der Waals surface area (Å²) in [5.74, 6) is -1.69. The first kappa shape index (κ1) is 30.3. The van der Waals surface area contributed by atoms with Crippen LogP contribution in [0.5, 0.6) is 0 Å². The minimum absolute atomic E-state index is 0.0808. The lowest BCUT2D eigenvalue weighted by molar-refractivity contribution is -0.143. The Hall–Kier alpha value is -2.66. The summed E-state index contributed by atoms with van der Waals surface area (Å²) in [4.78, 5) is 17.4. The van der Waals surface area contributed by atoms with Crippen molar-refractivity contribution in [3.63, 3.8) is 0 Å². The van der Waals surface area contributed by atoms with Crippen LogP contribution in [0.15, 0.2) is 36.4 Å². The molecule has 2 saturated heterocycles. The molecule has 0 N–H and O–H groups in total. The monoisotopic (exact) mass is 574 g/mol.